The van der Waals surface area contributed by atoms with Crippen molar-refractivity contribution in [2.75, 3.05) is 0 Å². The molecule has 0 radical (unpaired) electrons. The van der Waals surface area contributed by atoms with Gasteiger partial charge in [0.1, 0.15) is 0 Å². The van der Waals surface area contributed by atoms with E-state index in [0.29, 0.717) is 0 Å². The minimum Gasteiger partial charge on any atom is -0.412 e. The molecule has 0 aliphatic rings. The molecule has 8 nitrogen and oxygen atoms in total. The summed E-state index contributed by atoms with van der Waals surface area (Å²) < 4.78 is 22.2. The molecule has 0 saturated carbocycles. The van der Waals surface area contributed by atoms with Gasteiger partial charge in [0.25, 0.3) is 0 Å². The van der Waals surface area contributed by atoms with Gasteiger partial charge in [-0.05, 0) is 0 Å². The van der Waals surface area contributed by atoms with Crippen LogP contribution in [0.1, 0.15) is 0 Å². The summed E-state index contributed by atoms with van der Waals surface area (Å²) in [6.45, 7) is 0. The Bertz CT molecular complexity index is 153. The van der Waals surface area contributed by atoms with Crippen molar-refractivity contribution in [1.29, 1.82) is 0 Å². The molecule has 0 rings (SSSR count). The van der Waals surface area contributed by atoms with Gasteiger partial charge in [-0.2, -0.15) is 4.31 Å². The van der Waals surface area contributed by atoms with Crippen LogP contribution in [0.15, 0.2) is 0 Å². The Kier molecular flexibility index (Phi) is 9.03. The standard InChI is InChI=1S/H4O7P2.H2O.Ti/c1-8(2,3)7-9(4,5)6;;/h(H2,1,2,3)(H2,4,5,6);1H2;. The van der Waals surface area contributed by atoms with Crippen molar-refractivity contribution < 1.29 is 60.2 Å². The molecule has 0 aromatic rings. The van der Waals surface area contributed by atoms with Crippen LogP contribution in [0.2, 0.25) is 0 Å². The summed E-state index contributed by atoms with van der Waals surface area (Å²) in [5, 5.41) is 0. The van der Waals surface area contributed by atoms with E-state index >= 15 is 0 Å². The molecule has 0 aromatic carbocycles. The number of rotatable bonds is 2. The third-order valence-corrected chi connectivity index (χ3v) is 1.91. The zero-order valence-corrected chi connectivity index (χ0v) is 8.26. The van der Waals surface area contributed by atoms with Crippen molar-refractivity contribution >= 4 is 15.6 Å². The summed E-state index contributed by atoms with van der Waals surface area (Å²) in [4.78, 5) is 31.0. The van der Waals surface area contributed by atoms with Crippen molar-refractivity contribution in [3.05, 3.63) is 0 Å². The third-order valence-electron chi connectivity index (χ3n) is 0.213. The van der Waals surface area contributed by atoms with Crippen LogP contribution in [0.3, 0.4) is 0 Å². The monoisotopic (exact) mass is 244 g/mol. The van der Waals surface area contributed by atoms with Crippen molar-refractivity contribution in [1.82, 2.24) is 0 Å². The average molecular weight is 244 g/mol. The third kappa shape index (κ3) is 18.2. The molecule has 0 unspecified atom stereocenters. The largest absolute Gasteiger partial charge is 0.478 e. The molecule has 11 heteroatoms. The van der Waals surface area contributed by atoms with E-state index in [1.807, 2.05) is 0 Å². The van der Waals surface area contributed by atoms with Gasteiger partial charge in [0.2, 0.25) is 0 Å². The zero-order valence-electron chi connectivity index (χ0n) is 4.91. The normalized spacial score (nSPS) is 11.3. The second-order valence-electron chi connectivity index (χ2n) is 1.06. The van der Waals surface area contributed by atoms with Crippen molar-refractivity contribution in [2.24, 2.45) is 0 Å². The van der Waals surface area contributed by atoms with E-state index in [1.165, 1.54) is 0 Å². The van der Waals surface area contributed by atoms with Crippen LogP contribution < -0.4 is 0 Å². The van der Waals surface area contributed by atoms with Crippen LogP contribution >= 0.6 is 15.6 Å². The van der Waals surface area contributed by atoms with Gasteiger partial charge >= 0.3 is 15.6 Å². The van der Waals surface area contributed by atoms with Crippen molar-refractivity contribution in [3.8, 4) is 0 Å². The molecule has 0 spiro atoms. The van der Waals surface area contributed by atoms with Gasteiger partial charge < -0.3 is 25.0 Å². The summed E-state index contributed by atoms with van der Waals surface area (Å²) in [6, 6.07) is 0. The van der Waals surface area contributed by atoms with E-state index in [0.717, 1.165) is 0 Å². The first-order valence-corrected chi connectivity index (χ1v) is 4.59. The van der Waals surface area contributed by atoms with Crippen LogP contribution in [-0.4, -0.2) is 25.0 Å². The summed E-state index contributed by atoms with van der Waals surface area (Å²) in [7, 11) is -10.1. The summed E-state index contributed by atoms with van der Waals surface area (Å²) in [5.74, 6) is 0. The molecular weight excluding hydrogens is 238 g/mol. The molecule has 68 valence electrons. The first-order chi connectivity index (χ1) is 3.71. The van der Waals surface area contributed by atoms with Gasteiger partial charge in [0, 0.05) is 21.7 Å². The van der Waals surface area contributed by atoms with Crippen molar-refractivity contribution in [3.63, 3.8) is 0 Å². The van der Waals surface area contributed by atoms with E-state index in [9.17, 15) is 9.13 Å². The number of phosphoric acid groups is 2. The van der Waals surface area contributed by atoms with Crippen LogP contribution in [0, 0.1) is 0 Å². The quantitative estimate of drug-likeness (QED) is 0.335. The summed E-state index contributed by atoms with van der Waals surface area (Å²) in [6.07, 6.45) is 0. The molecule has 0 aromatic heterocycles. The fraction of sp³-hybridized carbons (Fsp3) is 0. The SMILES string of the molecule is O.O=P(O)(O)OP(=O)(O)O.[Ti]. The fourth-order valence-corrected chi connectivity index (χ4v) is 1.25. The number of hydrogen-bond donors (Lipinski definition) is 4. The van der Waals surface area contributed by atoms with E-state index in [-0.39, 0.29) is 27.2 Å². The molecule has 0 saturated heterocycles. The van der Waals surface area contributed by atoms with Crippen LogP contribution in [0.4, 0.5) is 0 Å². The molecule has 0 atom stereocenters. The van der Waals surface area contributed by atoms with Crippen molar-refractivity contribution in [2.45, 2.75) is 0 Å². The molecule has 0 fully saturated rings. The molecule has 0 aliphatic carbocycles. The van der Waals surface area contributed by atoms with Crippen LogP contribution in [-0.2, 0) is 35.2 Å². The topological polar surface area (TPSA) is 156 Å². The van der Waals surface area contributed by atoms with E-state index in [2.05, 4.69) is 4.31 Å². The minimum atomic E-state index is -5.05. The maximum atomic E-state index is 9.63. The maximum absolute atomic E-state index is 9.63. The maximum Gasteiger partial charge on any atom is 0.478 e. The molecule has 0 bridgehead atoms. The fourth-order valence-electron chi connectivity index (χ4n) is 0.139. The van der Waals surface area contributed by atoms with Gasteiger partial charge in [-0.3, -0.25) is 0 Å². The average Bonchev–Trinajstić information content (AvgIpc) is 1.14. The summed E-state index contributed by atoms with van der Waals surface area (Å²) in [5.41, 5.74) is 0. The molecule has 11 heavy (non-hydrogen) atoms. The Labute approximate surface area is 76.3 Å². The molecular formula is H6O8P2Ti. The van der Waals surface area contributed by atoms with Gasteiger partial charge in [0.05, 0.1) is 0 Å². The second kappa shape index (κ2) is 5.56. The first-order valence-electron chi connectivity index (χ1n) is 1.53. The minimum absolute atomic E-state index is 0. The molecule has 6 N–H and O–H groups in total. The Morgan fingerprint density at radius 1 is 0.909 bits per heavy atom. The van der Waals surface area contributed by atoms with Gasteiger partial charge in [-0.1, -0.05) is 0 Å². The predicted molar refractivity (Wildman–Crippen MR) is 28.8 cm³/mol. The van der Waals surface area contributed by atoms with E-state index < -0.39 is 15.6 Å². The number of hydrogen-bond acceptors (Lipinski definition) is 3. The van der Waals surface area contributed by atoms with E-state index in [1.54, 1.807) is 0 Å². The predicted octanol–water partition coefficient (Wildman–Crippen LogP) is -1.64. The van der Waals surface area contributed by atoms with Crippen LogP contribution in [0.5, 0.6) is 0 Å². The Morgan fingerprint density at radius 3 is 1.09 bits per heavy atom. The Hall–Kier alpha value is 0.934. The Morgan fingerprint density at radius 2 is 1.09 bits per heavy atom. The molecule has 0 amide bonds. The first kappa shape index (κ1) is 17.9. The smallest absolute Gasteiger partial charge is 0.412 e. The summed E-state index contributed by atoms with van der Waals surface area (Å²) >= 11 is 0. The zero-order chi connectivity index (χ0) is 7.71. The second-order valence-corrected chi connectivity index (χ2v) is 3.68. The van der Waals surface area contributed by atoms with Crippen LogP contribution in [0.25, 0.3) is 0 Å². The van der Waals surface area contributed by atoms with Gasteiger partial charge in [0.15, 0.2) is 0 Å². The molecule has 0 aliphatic heterocycles. The van der Waals surface area contributed by atoms with Gasteiger partial charge in [-0.15, -0.1) is 0 Å². The Balaban J connectivity index is -0.000000320. The van der Waals surface area contributed by atoms with E-state index in [4.69, 9.17) is 19.6 Å². The molecule has 0 heterocycles. The van der Waals surface area contributed by atoms with Gasteiger partial charge in [-0.25, -0.2) is 9.13 Å².